The summed E-state index contributed by atoms with van der Waals surface area (Å²) in [5.41, 5.74) is 3.68. The average Bonchev–Trinajstić information content (AvgIpc) is 3.11. The minimum atomic E-state index is -0.0119. The van der Waals surface area contributed by atoms with Gasteiger partial charge in [-0.25, -0.2) is 4.98 Å². The van der Waals surface area contributed by atoms with Crippen molar-refractivity contribution in [3.8, 4) is 0 Å². The fraction of sp³-hybridized carbons (Fsp3) is 0.364. The van der Waals surface area contributed by atoms with Gasteiger partial charge in [0.15, 0.2) is 0 Å². The summed E-state index contributed by atoms with van der Waals surface area (Å²) in [7, 11) is 0. The molecule has 1 aromatic heterocycles. The van der Waals surface area contributed by atoms with Crippen molar-refractivity contribution in [3.63, 3.8) is 0 Å². The number of aliphatic hydroxyl groups is 1. The minimum Gasteiger partial charge on any atom is -0.395 e. The summed E-state index contributed by atoms with van der Waals surface area (Å²) >= 11 is 0. The molecule has 2 heterocycles. The summed E-state index contributed by atoms with van der Waals surface area (Å²) in [5.74, 6) is 0.0652. The number of likely N-dealkylation sites (tertiary alicyclic amines) is 1. The standard InChI is InChI=1S/C22H25N3O2/c1-22(18-6-3-2-4-7-18)10-5-11-24(15-22)21(27)17-8-9-20-19(14-17)23-16-25(20)12-13-26/h2-4,6-9,14,16,26H,5,10-13,15H2,1H3/t22-/m1/s1. The van der Waals surface area contributed by atoms with E-state index in [9.17, 15) is 4.79 Å². The van der Waals surface area contributed by atoms with Crippen molar-refractivity contribution in [1.82, 2.24) is 14.5 Å². The molecular weight excluding hydrogens is 338 g/mol. The SMILES string of the molecule is C[C@@]1(c2ccccc2)CCCN(C(=O)c2ccc3c(c2)ncn3CCO)C1. The first-order chi connectivity index (χ1) is 13.1. The Kier molecular flexibility index (Phi) is 4.70. The predicted molar refractivity (Wildman–Crippen MR) is 106 cm³/mol. The topological polar surface area (TPSA) is 58.4 Å². The third-order valence-electron chi connectivity index (χ3n) is 5.66. The second-order valence-electron chi connectivity index (χ2n) is 7.62. The third kappa shape index (κ3) is 3.35. The van der Waals surface area contributed by atoms with Crippen molar-refractivity contribution in [2.75, 3.05) is 19.7 Å². The number of nitrogens with zero attached hydrogens (tertiary/aromatic N) is 3. The third-order valence-corrected chi connectivity index (χ3v) is 5.66. The van der Waals surface area contributed by atoms with E-state index < -0.39 is 0 Å². The molecule has 0 saturated carbocycles. The first kappa shape index (κ1) is 17.7. The number of imidazole rings is 1. The molecule has 140 valence electrons. The van der Waals surface area contributed by atoms with Gasteiger partial charge in [0.2, 0.25) is 0 Å². The number of carbonyl (C=O) groups excluding carboxylic acids is 1. The molecule has 1 aliphatic heterocycles. The molecule has 0 spiro atoms. The van der Waals surface area contributed by atoms with Gasteiger partial charge >= 0.3 is 0 Å². The number of fused-ring (bicyclic) bond motifs is 1. The molecule has 27 heavy (non-hydrogen) atoms. The van der Waals surface area contributed by atoms with E-state index in [0.29, 0.717) is 12.1 Å². The first-order valence-electron chi connectivity index (χ1n) is 9.51. The smallest absolute Gasteiger partial charge is 0.253 e. The van der Waals surface area contributed by atoms with Crippen LogP contribution in [0.4, 0.5) is 0 Å². The van der Waals surface area contributed by atoms with E-state index in [4.69, 9.17) is 5.11 Å². The van der Waals surface area contributed by atoms with Gasteiger partial charge in [0, 0.05) is 30.6 Å². The van der Waals surface area contributed by atoms with Crippen molar-refractivity contribution >= 4 is 16.9 Å². The molecule has 1 amide bonds. The van der Waals surface area contributed by atoms with Crippen LogP contribution in [-0.4, -0.2) is 45.2 Å². The Labute approximate surface area is 159 Å². The van der Waals surface area contributed by atoms with Gasteiger partial charge in [-0.1, -0.05) is 37.3 Å². The monoisotopic (exact) mass is 363 g/mol. The Morgan fingerprint density at radius 1 is 1.22 bits per heavy atom. The van der Waals surface area contributed by atoms with Crippen LogP contribution in [0.5, 0.6) is 0 Å². The molecule has 2 aromatic carbocycles. The van der Waals surface area contributed by atoms with Gasteiger partial charge in [0.1, 0.15) is 0 Å². The molecule has 1 fully saturated rings. The van der Waals surface area contributed by atoms with E-state index in [1.807, 2.05) is 33.7 Å². The molecule has 0 bridgehead atoms. The number of rotatable bonds is 4. The maximum Gasteiger partial charge on any atom is 0.253 e. The van der Waals surface area contributed by atoms with E-state index in [2.05, 4.69) is 36.2 Å². The van der Waals surface area contributed by atoms with E-state index >= 15 is 0 Å². The van der Waals surface area contributed by atoms with Crippen LogP contribution in [0.25, 0.3) is 11.0 Å². The molecule has 1 aliphatic rings. The van der Waals surface area contributed by atoms with Gasteiger partial charge in [-0.3, -0.25) is 4.79 Å². The number of hydrogen-bond acceptors (Lipinski definition) is 3. The molecule has 0 radical (unpaired) electrons. The molecule has 0 unspecified atom stereocenters. The Morgan fingerprint density at radius 3 is 2.81 bits per heavy atom. The summed E-state index contributed by atoms with van der Waals surface area (Å²) in [5, 5.41) is 9.14. The van der Waals surface area contributed by atoms with Crippen LogP contribution in [0.3, 0.4) is 0 Å². The van der Waals surface area contributed by atoms with Crippen LogP contribution in [0, 0.1) is 0 Å². The van der Waals surface area contributed by atoms with Crippen molar-refractivity contribution in [3.05, 3.63) is 66.0 Å². The Morgan fingerprint density at radius 2 is 2.04 bits per heavy atom. The number of carbonyl (C=O) groups is 1. The zero-order chi connectivity index (χ0) is 18.9. The van der Waals surface area contributed by atoms with Crippen molar-refractivity contribution in [2.24, 2.45) is 0 Å². The highest BCUT2D eigenvalue weighted by Crippen LogP contribution is 2.34. The van der Waals surface area contributed by atoms with Crippen molar-refractivity contribution in [1.29, 1.82) is 0 Å². The lowest BCUT2D eigenvalue weighted by molar-refractivity contribution is 0.0651. The molecule has 5 heteroatoms. The lowest BCUT2D eigenvalue weighted by atomic mass is 9.76. The molecule has 0 aliphatic carbocycles. The molecule has 1 atom stereocenters. The molecule has 1 N–H and O–H groups in total. The van der Waals surface area contributed by atoms with Gasteiger partial charge in [0.05, 0.1) is 24.0 Å². The number of piperidine rings is 1. The van der Waals surface area contributed by atoms with E-state index in [1.165, 1.54) is 5.56 Å². The summed E-state index contributed by atoms with van der Waals surface area (Å²) in [4.78, 5) is 19.5. The summed E-state index contributed by atoms with van der Waals surface area (Å²) in [6, 6.07) is 16.1. The van der Waals surface area contributed by atoms with Gasteiger partial charge in [0.25, 0.3) is 5.91 Å². The fourth-order valence-electron chi connectivity index (χ4n) is 4.15. The number of benzene rings is 2. The minimum absolute atomic E-state index is 0.0119. The lowest BCUT2D eigenvalue weighted by Crippen LogP contribution is -2.47. The Hall–Kier alpha value is -2.66. The summed E-state index contributed by atoms with van der Waals surface area (Å²) in [6.07, 6.45) is 3.80. The normalized spacial score (nSPS) is 20.1. The highest BCUT2D eigenvalue weighted by atomic mass is 16.3. The van der Waals surface area contributed by atoms with E-state index in [0.717, 1.165) is 37.0 Å². The number of aliphatic hydroxyl groups excluding tert-OH is 1. The van der Waals surface area contributed by atoms with E-state index in [-0.39, 0.29) is 17.9 Å². The fourth-order valence-corrected chi connectivity index (χ4v) is 4.15. The zero-order valence-electron chi connectivity index (χ0n) is 15.6. The lowest BCUT2D eigenvalue weighted by Gasteiger charge is -2.41. The number of amides is 1. The second kappa shape index (κ2) is 7.16. The Balaban J connectivity index is 1.58. The van der Waals surface area contributed by atoms with Crippen molar-refractivity contribution in [2.45, 2.75) is 31.7 Å². The van der Waals surface area contributed by atoms with Crippen LogP contribution >= 0.6 is 0 Å². The average molecular weight is 363 g/mol. The number of aromatic nitrogens is 2. The van der Waals surface area contributed by atoms with Crippen molar-refractivity contribution < 1.29 is 9.90 Å². The number of hydrogen-bond donors (Lipinski definition) is 1. The van der Waals surface area contributed by atoms with Gasteiger partial charge < -0.3 is 14.6 Å². The predicted octanol–water partition coefficient (Wildman–Crippen LogP) is 3.22. The van der Waals surface area contributed by atoms with Crippen LogP contribution in [0.1, 0.15) is 35.7 Å². The summed E-state index contributed by atoms with van der Waals surface area (Å²) in [6.45, 7) is 4.34. The van der Waals surface area contributed by atoms with Gasteiger partial charge in [-0.05, 0) is 36.6 Å². The molecular formula is C22H25N3O2. The van der Waals surface area contributed by atoms with Gasteiger partial charge in [-0.15, -0.1) is 0 Å². The van der Waals surface area contributed by atoms with Gasteiger partial charge in [-0.2, -0.15) is 0 Å². The molecule has 3 aromatic rings. The molecule has 5 nitrogen and oxygen atoms in total. The Bertz CT molecular complexity index is 951. The maximum atomic E-state index is 13.1. The highest BCUT2D eigenvalue weighted by Gasteiger charge is 2.34. The van der Waals surface area contributed by atoms with Crippen LogP contribution < -0.4 is 0 Å². The quantitative estimate of drug-likeness (QED) is 0.774. The maximum absolute atomic E-state index is 13.1. The van der Waals surface area contributed by atoms with E-state index in [1.54, 1.807) is 6.33 Å². The zero-order valence-corrected chi connectivity index (χ0v) is 15.6. The molecule has 1 saturated heterocycles. The van der Waals surface area contributed by atoms with Crippen LogP contribution in [0.2, 0.25) is 0 Å². The van der Waals surface area contributed by atoms with Crippen LogP contribution in [0.15, 0.2) is 54.9 Å². The first-order valence-corrected chi connectivity index (χ1v) is 9.51. The van der Waals surface area contributed by atoms with Crippen LogP contribution in [-0.2, 0) is 12.0 Å². The highest BCUT2D eigenvalue weighted by molar-refractivity contribution is 5.97. The molecule has 4 rings (SSSR count). The second-order valence-corrected chi connectivity index (χ2v) is 7.62. The largest absolute Gasteiger partial charge is 0.395 e. The summed E-state index contributed by atoms with van der Waals surface area (Å²) < 4.78 is 1.90.